The summed E-state index contributed by atoms with van der Waals surface area (Å²) in [5.74, 6) is 5.94. The number of nitrogens with zero attached hydrogens (tertiary/aromatic N) is 2. The molecule has 3 heterocycles. The number of fused-ring (bicyclic) bond motifs is 1. The first-order valence-electron chi connectivity index (χ1n) is 8.08. The van der Waals surface area contributed by atoms with E-state index in [1.807, 2.05) is 0 Å². The average Bonchev–Trinajstić information content (AvgIpc) is 3.12. The van der Waals surface area contributed by atoms with Crippen LogP contribution in [0.1, 0.15) is 31.1 Å². The van der Waals surface area contributed by atoms with Crippen molar-refractivity contribution in [2.45, 2.75) is 37.7 Å². The Morgan fingerprint density at radius 1 is 1.52 bits per heavy atom. The smallest absolute Gasteiger partial charge is 0.263 e. The number of nitrogens with two attached hydrogens (primary N) is 2. The van der Waals surface area contributed by atoms with Crippen molar-refractivity contribution in [3.05, 3.63) is 22.1 Å². The molecule has 1 fully saturated rings. The molecule has 9 heteroatoms. The Bertz CT molecular complexity index is 878. The van der Waals surface area contributed by atoms with Gasteiger partial charge in [0.1, 0.15) is 12.3 Å². The van der Waals surface area contributed by atoms with Crippen LogP contribution in [0.2, 0.25) is 0 Å². The van der Waals surface area contributed by atoms with Crippen LogP contribution >= 0.6 is 0 Å². The molecule has 0 amide bonds. The van der Waals surface area contributed by atoms with E-state index in [0.717, 1.165) is 6.42 Å². The summed E-state index contributed by atoms with van der Waals surface area (Å²) in [5.41, 5.74) is 11.6. The lowest BCUT2D eigenvalue weighted by Crippen LogP contribution is -2.24. The van der Waals surface area contributed by atoms with Crippen LogP contribution in [0.4, 0.5) is 5.95 Å². The van der Waals surface area contributed by atoms with Gasteiger partial charge in [0.2, 0.25) is 5.95 Å². The minimum Gasteiger partial charge on any atom is -0.394 e. The summed E-state index contributed by atoms with van der Waals surface area (Å²) in [4.78, 5) is 19.0. The molecule has 2 aromatic rings. The van der Waals surface area contributed by atoms with Crippen molar-refractivity contribution in [2.24, 2.45) is 5.73 Å². The zero-order valence-corrected chi connectivity index (χ0v) is 13.6. The second-order valence-corrected chi connectivity index (χ2v) is 5.91. The van der Waals surface area contributed by atoms with E-state index in [-0.39, 0.29) is 24.5 Å². The normalized spacial score (nSPS) is 22.9. The number of nitrogen functional groups attached to an aromatic ring is 1. The molecule has 0 radical (unpaired) electrons. The molecule has 2 aromatic heterocycles. The first kappa shape index (κ1) is 17.4. The van der Waals surface area contributed by atoms with Gasteiger partial charge in [-0.05, 0) is 13.0 Å². The summed E-state index contributed by atoms with van der Waals surface area (Å²) < 4.78 is 7.29. The van der Waals surface area contributed by atoms with Crippen LogP contribution in [0.25, 0.3) is 11.0 Å². The Morgan fingerprint density at radius 2 is 2.32 bits per heavy atom. The molecule has 0 unspecified atom stereocenters. The monoisotopic (exact) mass is 347 g/mol. The van der Waals surface area contributed by atoms with Crippen molar-refractivity contribution in [2.75, 3.05) is 18.9 Å². The number of rotatable bonds is 4. The maximum atomic E-state index is 12.3. The lowest BCUT2D eigenvalue weighted by Gasteiger charge is -2.14. The third-order valence-electron chi connectivity index (χ3n) is 4.12. The number of unbranched alkanes of at least 4 members (excludes halogenated alkanes) is 1. The predicted octanol–water partition coefficient (Wildman–Crippen LogP) is -0.962. The molecule has 25 heavy (non-hydrogen) atoms. The maximum Gasteiger partial charge on any atom is 0.263 e. The average molecular weight is 347 g/mol. The molecule has 1 saturated heterocycles. The van der Waals surface area contributed by atoms with Crippen molar-refractivity contribution in [1.29, 1.82) is 0 Å². The Morgan fingerprint density at radius 3 is 3.00 bits per heavy atom. The second-order valence-electron chi connectivity index (χ2n) is 5.91. The molecule has 1 aliphatic rings. The molecule has 3 atom stereocenters. The lowest BCUT2D eigenvalue weighted by molar-refractivity contribution is -0.0430. The van der Waals surface area contributed by atoms with Gasteiger partial charge in [-0.3, -0.25) is 9.78 Å². The Balaban J connectivity index is 2.06. The highest BCUT2D eigenvalue weighted by Gasteiger charge is 2.35. The number of H-pyrrole nitrogens is 1. The van der Waals surface area contributed by atoms with E-state index in [9.17, 15) is 15.0 Å². The van der Waals surface area contributed by atoms with E-state index >= 15 is 0 Å². The first-order chi connectivity index (χ1) is 12.0. The van der Waals surface area contributed by atoms with Gasteiger partial charge in [0.15, 0.2) is 5.65 Å². The van der Waals surface area contributed by atoms with Gasteiger partial charge in [0, 0.05) is 19.0 Å². The van der Waals surface area contributed by atoms with E-state index in [1.54, 1.807) is 10.8 Å². The molecular formula is C16H21N5O4. The van der Waals surface area contributed by atoms with Crippen LogP contribution in [0.3, 0.4) is 0 Å². The van der Waals surface area contributed by atoms with Crippen molar-refractivity contribution >= 4 is 17.0 Å². The van der Waals surface area contributed by atoms with E-state index in [0.29, 0.717) is 29.6 Å². The van der Waals surface area contributed by atoms with E-state index in [4.69, 9.17) is 16.2 Å². The summed E-state index contributed by atoms with van der Waals surface area (Å²) in [7, 11) is 0. The molecule has 0 bridgehead atoms. The van der Waals surface area contributed by atoms with Crippen molar-refractivity contribution in [3.8, 4) is 11.8 Å². The van der Waals surface area contributed by atoms with Crippen LogP contribution in [0, 0.1) is 11.8 Å². The van der Waals surface area contributed by atoms with Gasteiger partial charge in [-0.2, -0.15) is 4.98 Å². The summed E-state index contributed by atoms with van der Waals surface area (Å²) in [6, 6.07) is 0. The highest BCUT2D eigenvalue weighted by molar-refractivity contribution is 5.83. The molecular weight excluding hydrogens is 326 g/mol. The Kier molecular flexibility index (Phi) is 5.06. The minimum absolute atomic E-state index is 0.0169. The molecule has 3 rings (SSSR count). The zero-order chi connectivity index (χ0) is 18.0. The van der Waals surface area contributed by atoms with Crippen LogP contribution in [0.5, 0.6) is 0 Å². The summed E-state index contributed by atoms with van der Waals surface area (Å²) in [6.45, 7) is 0.254. The second kappa shape index (κ2) is 7.25. The summed E-state index contributed by atoms with van der Waals surface area (Å²) in [5, 5.41) is 19.5. The molecule has 0 spiro atoms. The Labute approximate surface area is 143 Å². The van der Waals surface area contributed by atoms with Crippen LogP contribution in [-0.2, 0) is 4.74 Å². The molecule has 0 aliphatic carbocycles. The van der Waals surface area contributed by atoms with Crippen molar-refractivity contribution < 1.29 is 14.9 Å². The number of anilines is 1. The molecule has 1 aliphatic heterocycles. The summed E-state index contributed by atoms with van der Waals surface area (Å²) >= 11 is 0. The fourth-order valence-electron chi connectivity index (χ4n) is 2.89. The fraction of sp³-hybridized carbons (Fsp3) is 0.500. The van der Waals surface area contributed by atoms with E-state index in [2.05, 4.69) is 21.8 Å². The van der Waals surface area contributed by atoms with E-state index < -0.39 is 18.4 Å². The number of hydrogen-bond acceptors (Lipinski definition) is 7. The molecule has 9 nitrogen and oxygen atoms in total. The number of hydrogen-bond donors (Lipinski definition) is 5. The number of nitrogens with one attached hydrogen (secondary N) is 1. The predicted molar refractivity (Wildman–Crippen MR) is 91.6 cm³/mol. The van der Waals surface area contributed by atoms with E-state index in [1.165, 1.54) is 0 Å². The third-order valence-corrected chi connectivity index (χ3v) is 4.12. The quantitative estimate of drug-likeness (QED) is 0.353. The van der Waals surface area contributed by atoms with Gasteiger partial charge in [-0.15, -0.1) is 0 Å². The van der Waals surface area contributed by atoms with Gasteiger partial charge in [-0.1, -0.05) is 11.8 Å². The number of aromatic nitrogens is 3. The molecule has 0 saturated carbocycles. The fourth-order valence-corrected chi connectivity index (χ4v) is 2.89. The van der Waals surface area contributed by atoms with Crippen LogP contribution in [0.15, 0.2) is 11.0 Å². The number of aliphatic hydroxyl groups is 2. The SMILES string of the molecule is NCCCC#Cc1cn([C@H]2C[C@H](O)[C@@H](CO)O2)c2nc(N)[nH]c(=O)c12. The van der Waals surface area contributed by atoms with Gasteiger partial charge in [0.05, 0.1) is 23.7 Å². The van der Waals surface area contributed by atoms with Crippen LogP contribution < -0.4 is 17.0 Å². The Hall–Kier alpha value is -2.38. The number of aromatic amines is 1. The topological polar surface area (TPSA) is 152 Å². The third kappa shape index (κ3) is 3.38. The maximum absolute atomic E-state index is 12.3. The van der Waals surface area contributed by atoms with Gasteiger partial charge >= 0.3 is 0 Å². The largest absolute Gasteiger partial charge is 0.394 e. The minimum atomic E-state index is -0.800. The molecule has 7 N–H and O–H groups in total. The zero-order valence-electron chi connectivity index (χ0n) is 13.6. The highest BCUT2D eigenvalue weighted by Crippen LogP contribution is 2.32. The van der Waals surface area contributed by atoms with Crippen molar-refractivity contribution in [3.63, 3.8) is 0 Å². The number of aliphatic hydroxyl groups excluding tert-OH is 2. The number of ether oxygens (including phenoxy) is 1. The standard InChI is InChI=1S/C16H21N5O4/c17-5-3-1-2-4-9-7-21(12-6-10(23)11(8-22)25-12)14-13(9)15(24)20-16(18)19-14/h7,10-12,22-23H,1,3,5-6,8,17H2,(H3,18,19,20,24)/t10-,11+,12+/m0/s1. The highest BCUT2D eigenvalue weighted by atomic mass is 16.5. The van der Waals surface area contributed by atoms with Gasteiger partial charge in [0.25, 0.3) is 5.56 Å². The van der Waals surface area contributed by atoms with Crippen molar-refractivity contribution in [1.82, 2.24) is 14.5 Å². The first-order valence-corrected chi connectivity index (χ1v) is 8.08. The molecule has 0 aromatic carbocycles. The summed E-state index contributed by atoms with van der Waals surface area (Å²) in [6.07, 6.45) is 1.27. The lowest BCUT2D eigenvalue weighted by atomic mass is 10.2. The van der Waals surface area contributed by atoms with Crippen LogP contribution in [-0.4, -0.2) is 50.1 Å². The molecule has 134 valence electrons. The van der Waals surface area contributed by atoms with Gasteiger partial charge in [-0.25, -0.2) is 0 Å². The van der Waals surface area contributed by atoms with Gasteiger partial charge < -0.3 is 31.0 Å².